The van der Waals surface area contributed by atoms with E-state index in [9.17, 15) is 4.79 Å². The molecule has 26 heavy (non-hydrogen) atoms. The van der Waals surface area contributed by atoms with E-state index in [4.69, 9.17) is 0 Å². The zero-order valence-corrected chi connectivity index (χ0v) is 16.8. The highest BCUT2D eigenvalue weighted by atomic mass is 32.1. The first kappa shape index (κ1) is 18.7. The SMILES string of the molecule is CC(C)(C)c1ncc(C(=O)NCCCc2nc(-c3ccncc3)cs2)s1. The fraction of sp³-hybridized carbons (Fsp3) is 0.368. The first-order chi connectivity index (χ1) is 12.4. The van der Waals surface area contributed by atoms with Gasteiger partial charge in [0.25, 0.3) is 5.91 Å². The number of thiazole rings is 2. The van der Waals surface area contributed by atoms with Gasteiger partial charge in [-0.05, 0) is 18.6 Å². The number of amides is 1. The molecule has 0 bridgehead atoms. The van der Waals surface area contributed by atoms with E-state index in [-0.39, 0.29) is 11.3 Å². The van der Waals surface area contributed by atoms with E-state index in [1.165, 1.54) is 11.3 Å². The Kier molecular flexibility index (Phi) is 5.78. The molecule has 136 valence electrons. The zero-order chi connectivity index (χ0) is 18.6. The third-order valence-electron chi connectivity index (χ3n) is 3.75. The van der Waals surface area contributed by atoms with Gasteiger partial charge in [-0.15, -0.1) is 22.7 Å². The second-order valence-electron chi connectivity index (χ2n) is 7.00. The number of nitrogens with one attached hydrogen (secondary N) is 1. The summed E-state index contributed by atoms with van der Waals surface area (Å²) in [5.74, 6) is -0.0467. The van der Waals surface area contributed by atoms with Crippen molar-refractivity contribution in [1.29, 1.82) is 0 Å². The van der Waals surface area contributed by atoms with Gasteiger partial charge in [-0.25, -0.2) is 9.97 Å². The number of carbonyl (C=O) groups is 1. The highest BCUT2D eigenvalue weighted by Crippen LogP contribution is 2.26. The van der Waals surface area contributed by atoms with E-state index in [0.717, 1.165) is 34.1 Å². The van der Waals surface area contributed by atoms with Crippen LogP contribution in [0.3, 0.4) is 0 Å². The molecule has 0 aliphatic carbocycles. The molecule has 0 radical (unpaired) electrons. The van der Waals surface area contributed by atoms with Crippen LogP contribution in [0.4, 0.5) is 0 Å². The second-order valence-corrected chi connectivity index (χ2v) is 8.97. The van der Waals surface area contributed by atoms with Crippen LogP contribution in [0.2, 0.25) is 0 Å². The summed E-state index contributed by atoms with van der Waals surface area (Å²) < 4.78 is 0. The lowest BCUT2D eigenvalue weighted by Gasteiger charge is -2.13. The Morgan fingerprint density at radius 2 is 2.00 bits per heavy atom. The molecule has 0 aliphatic rings. The molecule has 0 spiro atoms. The number of carbonyl (C=O) groups excluding carboxylic acids is 1. The van der Waals surface area contributed by atoms with Crippen molar-refractivity contribution in [1.82, 2.24) is 20.3 Å². The van der Waals surface area contributed by atoms with Gasteiger partial charge in [0, 0.05) is 41.7 Å². The van der Waals surface area contributed by atoms with Gasteiger partial charge in [-0.2, -0.15) is 0 Å². The monoisotopic (exact) mass is 386 g/mol. The van der Waals surface area contributed by atoms with Crippen LogP contribution in [0.25, 0.3) is 11.3 Å². The van der Waals surface area contributed by atoms with E-state index in [0.29, 0.717) is 11.4 Å². The summed E-state index contributed by atoms with van der Waals surface area (Å²) in [4.78, 5) is 25.9. The average Bonchev–Trinajstić information content (AvgIpc) is 3.28. The van der Waals surface area contributed by atoms with Gasteiger partial charge in [0.05, 0.1) is 21.9 Å². The van der Waals surface area contributed by atoms with Gasteiger partial charge < -0.3 is 5.32 Å². The number of nitrogens with zero attached hydrogens (tertiary/aromatic N) is 3. The average molecular weight is 387 g/mol. The number of hydrogen-bond donors (Lipinski definition) is 1. The van der Waals surface area contributed by atoms with E-state index in [1.807, 2.05) is 12.1 Å². The lowest BCUT2D eigenvalue weighted by Crippen LogP contribution is -2.23. The van der Waals surface area contributed by atoms with Gasteiger partial charge >= 0.3 is 0 Å². The van der Waals surface area contributed by atoms with Crippen molar-refractivity contribution in [2.24, 2.45) is 0 Å². The quantitative estimate of drug-likeness (QED) is 0.641. The van der Waals surface area contributed by atoms with Crippen LogP contribution in [0.5, 0.6) is 0 Å². The number of pyridine rings is 1. The molecule has 0 unspecified atom stereocenters. The molecule has 0 saturated heterocycles. The predicted octanol–water partition coefficient (Wildman–Crippen LogP) is 4.32. The smallest absolute Gasteiger partial charge is 0.263 e. The number of rotatable bonds is 6. The third-order valence-corrected chi connectivity index (χ3v) is 6.08. The number of aryl methyl sites for hydroxylation is 1. The van der Waals surface area contributed by atoms with Gasteiger partial charge in [0.15, 0.2) is 0 Å². The number of aromatic nitrogens is 3. The fourth-order valence-electron chi connectivity index (χ4n) is 2.34. The summed E-state index contributed by atoms with van der Waals surface area (Å²) >= 11 is 3.12. The summed E-state index contributed by atoms with van der Waals surface area (Å²) in [6.07, 6.45) is 6.93. The molecule has 3 rings (SSSR count). The molecule has 0 saturated carbocycles. The second kappa shape index (κ2) is 8.05. The van der Waals surface area contributed by atoms with Crippen molar-refractivity contribution < 1.29 is 4.79 Å². The minimum Gasteiger partial charge on any atom is -0.351 e. The van der Waals surface area contributed by atoms with Crippen molar-refractivity contribution >= 4 is 28.6 Å². The van der Waals surface area contributed by atoms with E-state index in [1.54, 1.807) is 29.9 Å². The third kappa shape index (κ3) is 4.74. The summed E-state index contributed by atoms with van der Waals surface area (Å²) in [7, 11) is 0. The van der Waals surface area contributed by atoms with E-state index in [2.05, 4.69) is 46.4 Å². The van der Waals surface area contributed by atoms with Gasteiger partial charge in [-0.1, -0.05) is 20.8 Å². The summed E-state index contributed by atoms with van der Waals surface area (Å²) in [6, 6.07) is 3.92. The molecular formula is C19H22N4OS2. The molecule has 1 amide bonds. The van der Waals surface area contributed by atoms with Crippen LogP contribution in [-0.2, 0) is 11.8 Å². The molecule has 1 N–H and O–H groups in total. The summed E-state index contributed by atoms with van der Waals surface area (Å²) in [5.41, 5.74) is 2.03. The Labute approximate surface area is 161 Å². The van der Waals surface area contributed by atoms with Crippen molar-refractivity contribution in [2.45, 2.75) is 39.0 Å². The van der Waals surface area contributed by atoms with E-state index < -0.39 is 0 Å². The maximum Gasteiger partial charge on any atom is 0.263 e. The van der Waals surface area contributed by atoms with Crippen LogP contribution >= 0.6 is 22.7 Å². The predicted molar refractivity (Wildman–Crippen MR) is 107 cm³/mol. The summed E-state index contributed by atoms with van der Waals surface area (Å²) in [6.45, 7) is 6.93. The van der Waals surface area contributed by atoms with Crippen molar-refractivity contribution in [3.05, 3.63) is 51.0 Å². The van der Waals surface area contributed by atoms with E-state index >= 15 is 0 Å². The molecule has 3 heterocycles. The Morgan fingerprint density at radius 3 is 2.69 bits per heavy atom. The van der Waals surface area contributed by atoms with Crippen molar-refractivity contribution in [2.75, 3.05) is 6.54 Å². The minimum atomic E-state index is -0.0467. The minimum absolute atomic E-state index is 0.0272. The zero-order valence-electron chi connectivity index (χ0n) is 15.2. The first-order valence-electron chi connectivity index (χ1n) is 8.53. The highest BCUT2D eigenvalue weighted by Gasteiger charge is 2.20. The van der Waals surface area contributed by atoms with Crippen LogP contribution in [0, 0.1) is 0 Å². The topological polar surface area (TPSA) is 67.8 Å². The molecule has 0 atom stereocenters. The highest BCUT2D eigenvalue weighted by molar-refractivity contribution is 7.13. The van der Waals surface area contributed by atoms with Gasteiger partial charge in [-0.3, -0.25) is 9.78 Å². The molecule has 0 aliphatic heterocycles. The summed E-state index contributed by atoms with van der Waals surface area (Å²) in [5, 5.41) is 7.10. The maximum absolute atomic E-state index is 12.2. The van der Waals surface area contributed by atoms with Crippen molar-refractivity contribution in [3.63, 3.8) is 0 Å². The Balaban J connectivity index is 1.46. The maximum atomic E-state index is 12.2. The molecule has 7 heteroatoms. The molecular weight excluding hydrogens is 364 g/mol. The largest absolute Gasteiger partial charge is 0.351 e. The van der Waals surface area contributed by atoms with Crippen molar-refractivity contribution in [3.8, 4) is 11.3 Å². The Bertz CT molecular complexity index is 865. The standard InChI is InChI=1S/C19H22N4OS2/c1-19(2,3)18-22-11-15(26-18)17(24)21-8-4-5-16-23-14(12-25-16)13-6-9-20-10-7-13/h6-7,9-12H,4-5,8H2,1-3H3,(H,21,24). The molecule has 0 aromatic carbocycles. The number of hydrogen-bond acceptors (Lipinski definition) is 6. The van der Waals surface area contributed by atoms with Crippen LogP contribution in [0.1, 0.15) is 46.9 Å². The van der Waals surface area contributed by atoms with Crippen LogP contribution in [0.15, 0.2) is 36.1 Å². The lowest BCUT2D eigenvalue weighted by molar-refractivity contribution is 0.0957. The Morgan fingerprint density at radius 1 is 1.23 bits per heavy atom. The molecule has 0 fully saturated rings. The molecule has 5 nitrogen and oxygen atoms in total. The Hall–Kier alpha value is -2.12. The molecule has 3 aromatic rings. The van der Waals surface area contributed by atoms with Crippen LogP contribution in [-0.4, -0.2) is 27.4 Å². The van der Waals surface area contributed by atoms with Crippen LogP contribution < -0.4 is 5.32 Å². The lowest BCUT2D eigenvalue weighted by atomic mass is 9.98. The first-order valence-corrected chi connectivity index (χ1v) is 10.2. The molecule has 3 aromatic heterocycles. The normalized spacial score (nSPS) is 11.5. The fourth-order valence-corrected chi connectivity index (χ4v) is 4.08. The van der Waals surface area contributed by atoms with Gasteiger partial charge in [0.2, 0.25) is 0 Å². The van der Waals surface area contributed by atoms with Gasteiger partial charge in [0.1, 0.15) is 4.88 Å².